The lowest BCUT2D eigenvalue weighted by molar-refractivity contribution is -0.120. The second-order valence-electron chi connectivity index (χ2n) is 5.17. The molecule has 0 fully saturated rings. The Kier molecular flexibility index (Phi) is 5.38. The molecule has 2 aromatic rings. The number of nitrogens with one attached hydrogen (secondary N) is 2. The fourth-order valence-corrected chi connectivity index (χ4v) is 2.10. The number of rotatable bonds is 6. The molecule has 0 saturated heterocycles. The smallest absolute Gasteiger partial charge is 0.224 e. The van der Waals surface area contributed by atoms with Gasteiger partial charge in [0.2, 0.25) is 5.91 Å². The van der Waals surface area contributed by atoms with Crippen LogP contribution in [0, 0.1) is 6.92 Å². The van der Waals surface area contributed by atoms with Gasteiger partial charge < -0.3 is 10.6 Å². The first-order valence-corrected chi connectivity index (χ1v) is 7.32. The molecular weight excluding hydrogens is 260 g/mol. The van der Waals surface area contributed by atoms with E-state index in [4.69, 9.17) is 0 Å². The molecule has 0 aliphatic carbocycles. The van der Waals surface area contributed by atoms with Crippen molar-refractivity contribution in [1.29, 1.82) is 0 Å². The first kappa shape index (κ1) is 15.1. The van der Waals surface area contributed by atoms with E-state index in [0.717, 1.165) is 17.8 Å². The maximum atomic E-state index is 11.5. The molecule has 0 heterocycles. The number of aryl methyl sites for hydroxylation is 1. The van der Waals surface area contributed by atoms with Crippen molar-refractivity contribution in [3.05, 3.63) is 65.2 Å². The number of hydrogen-bond acceptors (Lipinski definition) is 2. The van der Waals surface area contributed by atoms with Crippen LogP contribution >= 0.6 is 0 Å². The van der Waals surface area contributed by atoms with Gasteiger partial charge in [0.1, 0.15) is 0 Å². The Balaban J connectivity index is 1.87. The third-order valence-electron chi connectivity index (χ3n) is 3.31. The molecule has 0 unspecified atom stereocenters. The Labute approximate surface area is 126 Å². The van der Waals surface area contributed by atoms with Crippen LogP contribution in [0.5, 0.6) is 0 Å². The molecule has 0 saturated carbocycles. The van der Waals surface area contributed by atoms with Gasteiger partial charge in [-0.15, -0.1) is 0 Å². The minimum atomic E-state index is 0.0675. The molecule has 21 heavy (non-hydrogen) atoms. The molecule has 2 rings (SSSR count). The second-order valence-corrected chi connectivity index (χ2v) is 5.17. The minimum absolute atomic E-state index is 0.0675. The summed E-state index contributed by atoms with van der Waals surface area (Å²) >= 11 is 0. The first-order valence-electron chi connectivity index (χ1n) is 7.32. The van der Waals surface area contributed by atoms with Gasteiger partial charge in [-0.05, 0) is 37.1 Å². The van der Waals surface area contributed by atoms with Crippen LogP contribution in [0.3, 0.4) is 0 Å². The molecule has 3 nitrogen and oxygen atoms in total. The van der Waals surface area contributed by atoms with Gasteiger partial charge in [0.15, 0.2) is 0 Å². The molecule has 2 N–H and O–H groups in total. The molecular formula is C18H22N2O. The Morgan fingerprint density at radius 3 is 2.19 bits per heavy atom. The van der Waals surface area contributed by atoms with Crippen LogP contribution in [0.15, 0.2) is 48.5 Å². The van der Waals surface area contributed by atoms with Gasteiger partial charge in [-0.25, -0.2) is 0 Å². The zero-order valence-corrected chi connectivity index (χ0v) is 12.6. The third-order valence-corrected chi connectivity index (χ3v) is 3.31. The normalized spacial score (nSPS) is 10.2. The number of likely N-dealkylation sites (N-methyl/N-ethyl adjacent to an activating group) is 1. The fraction of sp³-hybridized carbons (Fsp3) is 0.278. The number of carbonyl (C=O) groups excluding carboxylic acids is 1. The van der Waals surface area contributed by atoms with Gasteiger partial charge in [0.25, 0.3) is 0 Å². The molecule has 0 spiro atoms. The predicted molar refractivity (Wildman–Crippen MR) is 87.3 cm³/mol. The summed E-state index contributed by atoms with van der Waals surface area (Å²) in [6, 6.07) is 16.5. The number of carbonyl (C=O) groups is 1. The predicted octanol–water partition coefficient (Wildman–Crippen LogP) is 3.29. The van der Waals surface area contributed by atoms with E-state index in [9.17, 15) is 4.79 Å². The number of anilines is 1. The van der Waals surface area contributed by atoms with Crippen LogP contribution in [0.4, 0.5) is 5.69 Å². The Morgan fingerprint density at radius 2 is 1.57 bits per heavy atom. The molecule has 1 amide bonds. The van der Waals surface area contributed by atoms with Crippen molar-refractivity contribution in [1.82, 2.24) is 5.32 Å². The molecule has 2 aromatic carbocycles. The van der Waals surface area contributed by atoms with Crippen molar-refractivity contribution in [3.8, 4) is 0 Å². The quantitative estimate of drug-likeness (QED) is 0.853. The standard InChI is InChI=1S/C18H22N2O/c1-3-19-18(21)12-15-8-10-17(11-9-15)20-13-16-6-4-14(2)5-7-16/h4-11,20H,3,12-13H2,1-2H3,(H,19,21). The highest BCUT2D eigenvalue weighted by Crippen LogP contribution is 2.12. The lowest BCUT2D eigenvalue weighted by Gasteiger charge is -2.08. The van der Waals surface area contributed by atoms with Crippen LogP contribution in [-0.2, 0) is 17.8 Å². The lowest BCUT2D eigenvalue weighted by atomic mass is 10.1. The van der Waals surface area contributed by atoms with Gasteiger partial charge >= 0.3 is 0 Å². The van der Waals surface area contributed by atoms with Crippen molar-refractivity contribution in [2.75, 3.05) is 11.9 Å². The SMILES string of the molecule is CCNC(=O)Cc1ccc(NCc2ccc(C)cc2)cc1. The van der Waals surface area contributed by atoms with Crippen LogP contribution in [0.25, 0.3) is 0 Å². The van der Waals surface area contributed by atoms with E-state index in [-0.39, 0.29) is 5.91 Å². The summed E-state index contributed by atoms with van der Waals surface area (Å²) in [6.45, 7) is 5.49. The van der Waals surface area contributed by atoms with E-state index in [1.807, 2.05) is 31.2 Å². The van der Waals surface area contributed by atoms with Crippen LogP contribution in [-0.4, -0.2) is 12.5 Å². The zero-order valence-electron chi connectivity index (χ0n) is 12.6. The monoisotopic (exact) mass is 282 g/mol. The Morgan fingerprint density at radius 1 is 0.952 bits per heavy atom. The molecule has 0 radical (unpaired) electrons. The van der Waals surface area contributed by atoms with E-state index in [1.165, 1.54) is 11.1 Å². The van der Waals surface area contributed by atoms with Gasteiger partial charge in [-0.3, -0.25) is 4.79 Å². The molecule has 0 aliphatic rings. The summed E-state index contributed by atoms with van der Waals surface area (Å²) in [5, 5.41) is 6.19. The number of hydrogen-bond donors (Lipinski definition) is 2. The van der Waals surface area contributed by atoms with Crippen molar-refractivity contribution < 1.29 is 4.79 Å². The summed E-state index contributed by atoms with van der Waals surface area (Å²) in [5.41, 5.74) is 4.62. The largest absolute Gasteiger partial charge is 0.381 e. The van der Waals surface area contributed by atoms with E-state index >= 15 is 0 Å². The highest BCUT2D eigenvalue weighted by Gasteiger charge is 2.01. The molecule has 3 heteroatoms. The molecule has 0 atom stereocenters. The van der Waals surface area contributed by atoms with Gasteiger partial charge in [0, 0.05) is 18.8 Å². The van der Waals surface area contributed by atoms with E-state index in [0.29, 0.717) is 13.0 Å². The molecule has 0 bridgehead atoms. The van der Waals surface area contributed by atoms with E-state index in [1.54, 1.807) is 0 Å². The van der Waals surface area contributed by atoms with E-state index < -0.39 is 0 Å². The number of amides is 1. The van der Waals surface area contributed by atoms with Crippen molar-refractivity contribution in [3.63, 3.8) is 0 Å². The topological polar surface area (TPSA) is 41.1 Å². The van der Waals surface area contributed by atoms with Crippen LogP contribution < -0.4 is 10.6 Å². The lowest BCUT2D eigenvalue weighted by Crippen LogP contribution is -2.24. The highest BCUT2D eigenvalue weighted by atomic mass is 16.1. The molecule has 0 aliphatic heterocycles. The molecule has 110 valence electrons. The van der Waals surface area contributed by atoms with Crippen molar-refractivity contribution in [2.24, 2.45) is 0 Å². The van der Waals surface area contributed by atoms with Gasteiger partial charge in [-0.2, -0.15) is 0 Å². The van der Waals surface area contributed by atoms with E-state index in [2.05, 4.69) is 41.8 Å². The maximum absolute atomic E-state index is 11.5. The minimum Gasteiger partial charge on any atom is -0.381 e. The summed E-state index contributed by atoms with van der Waals surface area (Å²) < 4.78 is 0. The van der Waals surface area contributed by atoms with Crippen LogP contribution in [0.2, 0.25) is 0 Å². The third kappa shape index (κ3) is 4.95. The van der Waals surface area contributed by atoms with Crippen molar-refractivity contribution in [2.45, 2.75) is 26.8 Å². The number of benzene rings is 2. The first-order chi connectivity index (χ1) is 10.2. The summed E-state index contributed by atoms with van der Waals surface area (Å²) in [6.07, 6.45) is 0.437. The zero-order chi connectivity index (χ0) is 15.1. The van der Waals surface area contributed by atoms with Gasteiger partial charge in [-0.1, -0.05) is 42.0 Å². The van der Waals surface area contributed by atoms with Crippen LogP contribution in [0.1, 0.15) is 23.6 Å². The summed E-state index contributed by atoms with van der Waals surface area (Å²) in [5.74, 6) is 0.0675. The Hall–Kier alpha value is -2.29. The average Bonchev–Trinajstić information content (AvgIpc) is 2.48. The molecule has 0 aromatic heterocycles. The van der Waals surface area contributed by atoms with Crippen molar-refractivity contribution >= 4 is 11.6 Å². The fourth-order valence-electron chi connectivity index (χ4n) is 2.10. The summed E-state index contributed by atoms with van der Waals surface area (Å²) in [4.78, 5) is 11.5. The average molecular weight is 282 g/mol. The maximum Gasteiger partial charge on any atom is 0.224 e. The Bertz CT molecular complexity index is 573. The highest BCUT2D eigenvalue weighted by molar-refractivity contribution is 5.78. The summed E-state index contributed by atoms with van der Waals surface area (Å²) in [7, 11) is 0. The second kappa shape index (κ2) is 7.48. The van der Waals surface area contributed by atoms with Gasteiger partial charge in [0.05, 0.1) is 6.42 Å².